The van der Waals surface area contributed by atoms with Crippen LogP contribution in [0.25, 0.3) is 0 Å². The van der Waals surface area contributed by atoms with E-state index in [0.29, 0.717) is 43.3 Å². The molecule has 0 radical (unpaired) electrons. The van der Waals surface area contributed by atoms with Gasteiger partial charge < -0.3 is 24.8 Å². The van der Waals surface area contributed by atoms with Crippen molar-refractivity contribution in [1.29, 1.82) is 0 Å². The average molecular weight is 296 g/mol. The van der Waals surface area contributed by atoms with Crippen molar-refractivity contribution in [3.05, 3.63) is 23.8 Å². The largest absolute Gasteiger partial charge is 0.496 e. The predicted molar refractivity (Wildman–Crippen MR) is 81.7 cm³/mol. The monoisotopic (exact) mass is 296 g/mol. The van der Waals surface area contributed by atoms with Gasteiger partial charge in [0.05, 0.1) is 19.3 Å². The highest BCUT2D eigenvalue weighted by Gasteiger charge is 2.19. The fourth-order valence-corrected chi connectivity index (χ4v) is 1.98. The van der Waals surface area contributed by atoms with E-state index in [0.717, 1.165) is 6.42 Å². The van der Waals surface area contributed by atoms with Crippen molar-refractivity contribution in [2.24, 2.45) is 0 Å². The minimum absolute atomic E-state index is 0.118. The summed E-state index contributed by atoms with van der Waals surface area (Å²) >= 11 is 0. The van der Waals surface area contributed by atoms with E-state index in [-0.39, 0.29) is 5.91 Å². The molecule has 6 nitrogen and oxygen atoms in total. The number of carbonyl (C=O) groups excluding carboxylic acids is 1. The van der Waals surface area contributed by atoms with Crippen LogP contribution in [0.3, 0.4) is 0 Å². The molecular weight excluding hydrogens is 272 g/mol. The van der Waals surface area contributed by atoms with E-state index in [1.165, 1.54) is 7.11 Å². The molecule has 1 amide bonds. The molecule has 0 atom stereocenters. The summed E-state index contributed by atoms with van der Waals surface area (Å²) in [5.41, 5.74) is 6.77. The summed E-state index contributed by atoms with van der Waals surface area (Å²) < 4.78 is 15.3. The number of hydrogen-bond acceptors (Lipinski definition) is 5. The number of rotatable bonds is 9. The molecule has 1 aromatic carbocycles. The topological polar surface area (TPSA) is 74.0 Å². The molecule has 2 N–H and O–H groups in total. The van der Waals surface area contributed by atoms with Crippen LogP contribution in [0.4, 0.5) is 5.69 Å². The number of nitrogen functional groups attached to an aromatic ring is 1. The first-order valence-corrected chi connectivity index (χ1v) is 6.84. The molecule has 0 aliphatic heterocycles. The molecule has 6 heteroatoms. The smallest absolute Gasteiger partial charge is 0.257 e. The van der Waals surface area contributed by atoms with Gasteiger partial charge in [-0.15, -0.1) is 0 Å². The van der Waals surface area contributed by atoms with E-state index in [1.54, 1.807) is 37.3 Å². The van der Waals surface area contributed by atoms with Crippen LogP contribution in [0.1, 0.15) is 16.8 Å². The number of methoxy groups -OCH3 is 3. The molecule has 0 spiro atoms. The lowest BCUT2D eigenvalue weighted by Crippen LogP contribution is -2.35. The SMILES string of the molecule is COCCCN(CCOC)C(=O)c1cc(N)ccc1OC. The van der Waals surface area contributed by atoms with Gasteiger partial charge in [-0.1, -0.05) is 0 Å². The van der Waals surface area contributed by atoms with Gasteiger partial charge in [-0.2, -0.15) is 0 Å². The molecule has 0 heterocycles. The van der Waals surface area contributed by atoms with Crippen LogP contribution >= 0.6 is 0 Å². The van der Waals surface area contributed by atoms with Crippen LogP contribution in [0.5, 0.6) is 5.75 Å². The van der Waals surface area contributed by atoms with E-state index in [2.05, 4.69) is 0 Å². The standard InChI is InChI=1S/C15H24N2O4/c1-19-9-4-7-17(8-10-20-2)15(18)13-11-12(16)5-6-14(13)21-3/h5-6,11H,4,7-10,16H2,1-3H3. The zero-order valence-corrected chi connectivity index (χ0v) is 12.9. The highest BCUT2D eigenvalue weighted by Crippen LogP contribution is 2.22. The van der Waals surface area contributed by atoms with Gasteiger partial charge in [0, 0.05) is 39.6 Å². The highest BCUT2D eigenvalue weighted by molar-refractivity contribution is 5.97. The molecule has 0 aliphatic carbocycles. The summed E-state index contributed by atoms with van der Waals surface area (Å²) in [5, 5.41) is 0. The molecule has 0 fully saturated rings. The Labute approximate surface area is 125 Å². The van der Waals surface area contributed by atoms with Gasteiger partial charge in [-0.05, 0) is 24.6 Å². The molecule has 0 aromatic heterocycles. The number of nitrogens with two attached hydrogens (primary N) is 1. The molecule has 0 aliphatic rings. The van der Waals surface area contributed by atoms with Crippen molar-refractivity contribution in [3.8, 4) is 5.75 Å². The van der Waals surface area contributed by atoms with Crippen molar-refractivity contribution in [2.75, 3.05) is 53.4 Å². The van der Waals surface area contributed by atoms with E-state index < -0.39 is 0 Å². The number of benzene rings is 1. The lowest BCUT2D eigenvalue weighted by atomic mass is 10.1. The van der Waals surface area contributed by atoms with E-state index in [4.69, 9.17) is 19.9 Å². The predicted octanol–water partition coefficient (Wildman–Crippen LogP) is 1.40. The summed E-state index contributed by atoms with van der Waals surface area (Å²) in [5.74, 6) is 0.399. The quantitative estimate of drug-likeness (QED) is 0.551. The lowest BCUT2D eigenvalue weighted by Gasteiger charge is -2.23. The maximum absolute atomic E-state index is 12.7. The first-order chi connectivity index (χ1) is 10.1. The van der Waals surface area contributed by atoms with Gasteiger partial charge in [0.1, 0.15) is 5.75 Å². The maximum Gasteiger partial charge on any atom is 0.257 e. The van der Waals surface area contributed by atoms with Gasteiger partial charge in [0.2, 0.25) is 0 Å². The fourth-order valence-electron chi connectivity index (χ4n) is 1.98. The minimum atomic E-state index is -0.118. The van der Waals surface area contributed by atoms with Crippen LogP contribution in [-0.4, -0.2) is 58.4 Å². The summed E-state index contributed by atoms with van der Waals surface area (Å²) in [4.78, 5) is 14.4. The van der Waals surface area contributed by atoms with Crippen molar-refractivity contribution < 1.29 is 19.0 Å². The number of amides is 1. The molecule has 0 bridgehead atoms. The van der Waals surface area contributed by atoms with Crippen molar-refractivity contribution in [3.63, 3.8) is 0 Å². The zero-order valence-electron chi connectivity index (χ0n) is 12.9. The van der Waals surface area contributed by atoms with Crippen LogP contribution in [0.2, 0.25) is 0 Å². The summed E-state index contributed by atoms with van der Waals surface area (Å²) in [6.07, 6.45) is 0.761. The third-order valence-corrected chi connectivity index (χ3v) is 3.08. The Morgan fingerprint density at radius 3 is 2.48 bits per heavy atom. The Balaban J connectivity index is 2.89. The Hall–Kier alpha value is -1.79. The molecule has 0 unspecified atom stereocenters. The minimum Gasteiger partial charge on any atom is -0.496 e. The van der Waals surface area contributed by atoms with E-state index in [1.807, 2.05) is 0 Å². The molecule has 0 saturated heterocycles. The molecule has 1 rings (SSSR count). The Kier molecular flexibility index (Phi) is 7.56. The van der Waals surface area contributed by atoms with Gasteiger partial charge in [0.15, 0.2) is 0 Å². The Morgan fingerprint density at radius 2 is 1.86 bits per heavy atom. The number of anilines is 1. The molecular formula is C15H24N2O4. The molecule has 118 valence electrons. The molecule has 0 saturated carbocycles. The zero-order chi connectivity index (χ0) is 15.7. The van der Waals surface area contributed by atoms with Crippen molar-refractivity contribution >= 4 is 11.6 Å². The van der Waals surface area contributed by atoms with Crippen LogP contribution in [0, 0.1) is 0 Å². The third-order valence-electron chi connectivity index (χ3n) is 3.08. The van der Waals surface area contributed by atoms with Crippen LogP contribution < -0.4 is 10.5 Å². The Bertz CT molecular complexity index is 451. The average Bonchev–Trinajstić information content (AvgIpc) is 2.50. The normalized spacial score (nSPS) is 10.4. The third kappa shape index (κ3) is 5.24. The number of hydrogen-bond donors (Lipinski definition) is 1. The second-order valence-corrected chi connectivity index (χ2v) is 4.59. The summed E-state index contributed by atoms with van der Waals surface area (Å²) in [6.45, 7) is 2.18. The molecule has 1 aromatic rings. The lowest BCUT2D eigenvalue weighted by molar-refractivity contribution is 0.0671. The fraction of sp³-hybridized carbons (Fsp3) is 0.533. The van der Waals surface area contributed by atoms with Crippen molar-refractivity contribution in [2.45, 2.75) is 6.42 Å². The Morgan fingerprint density at radius 1 is 1.14 bits per heavy atom. The van der Waals surface area contributed by atoms with Gasteiger partial charge in [0.25, 0.3) is 5.91 Å². The van der Waals surface area contributed by atoms with Gasteiger partial charge in [-0.25, -0.2) is 0 Å². The summed E-state index contributed by atoms with van der Waals surface area (Å²) in [6, 6.07) is 5.05. The van der Waals surface area contributed by atoms with Crippen LogP contribution in [0.15, 0.2) is 18.2 Å². The number of ether oxygens (including phenoxy) is 3. The number of carbonyl (C=O) groups is 1. The first-order valence-electron chi connectivity index (χ1n) is 6.84. The van der Waals surface area contributed by atoms with E-state index >= 15 is 0 Å². The molecule has 21 heavy (non-hydrogen) atoms. The highest BCUT2D eigenvalue weighted by atomic mass is 16.5. The maximum atomic E-state index is 12.7. The number of nitrogens with zero attached hydrogens (tertiary/aromatic N) is 1. The van der Waals surface area contributed by atoms with Crippen molar-refractivity contribution in [1.82, 2.24) is 4.90 Å². The van der Waals surface area contributed by atoms with Gasteiger partial charge in [-0.3, -0.25) is 4.79 Å². The van der Waals surface area contributed by atoms with E-state index in [9.17, 15) is 4.79 Å². The first kappa shape index (κ1) is 17.3. The second kappa shape index (κ2) is 9.20. The second-order valence-electron chi connectivity index (χ2n) is 4.59. The summed E-state index contributed by atoms with van der Waals surface area (Å²) in [7, 11) is 4.79. The van der Waals surface area contributed by atoms with Crippen LogP contribution in [-0.2, 0) is 9.47 Å². The van der Waals surface area contributed by atoms with Gasteiger partial charge >= 0.3 is 0 Å².